The van der Waals surface area contributed by atoms with E-state index in [4.69, 9.17) is 9.47 Å². The third kappa shape index (κ3) is 6.09. The summed E-state index contributed by atoms with van der Waals surface area (Å²) >= 11 is 0. The SMILES string of the molecule is COC1CCC(N(C)C2CCC(N(C3CCC(C)CC3)C3CCC(OC)CC3)CC2)CC1. The summed E-state index contributed by atoms with van der Waals surface area (Å²) in [6.45, 7) is 2.46. The molecule has 0 aromatic carbocycles. The molecule has 32 heavy (non-hydrogen) atoms. The van der Waals surface area contributed by atoms with Crippen LogP contribution in [-0.2, 0) is 9.47 Å². The molecule has 0 unspecified atom stereocenters. The molecule has 0 saturated heterocycles. The van der Waals surface area contributed by atoms with Crippen LogP contribution in [0.25, 0.3) is 0 Å². The van der Waals surface area contributed by atoms with Crippen molar-refractivity contribution in [2.75, 3.05) is 21.3 Å². The molecule has 0 bridgehead atoms. The summed E-state index contributed by atoms with van der Waals surface area (Å²) in [5.74, 6) is 0.940. The Bertz CT molecular complexity index is 526. The number of hydrogen-bond acceptors (Lipinski definition) is 4. The smallest absolute Gasteiger partial charge is 0.0572 e. The monoisotopic (exact) mass is 448 g/mol. The van der Waals surface area contributed by atoms with Gasteiger partial charge in [-0.05, 0) is 116 Å². The molecule has 4 heteroatoms. The molecule has 4 saturated carbocycles. The molecule has 0 radical (unpaired) electrons. The minimum atomic E-state index is 0.510. The van der Waals surface area contributed by atoms with E-state index in [2.05, 4.69) is 23.8 Å². The lowest BCUT2D eigenvalue weighted by Gasteiger charge is -2.50. The number of ether oxygens (including phenoxy) is 2. The van der Waals surface area contributed by atoms with Gasteiger partial charge in [-0.25, -0.2) is 0 Å². The average molecular weight is 449 g/mol. The molecule has 0 aliphatic heterocycles. The maximum absolute atomic E-state index is 5.70. The van der Waals surface area contributed by atoms with Crippen molar-refractivity contribution in [1.29, 1.82) is 0 Å². The van der Waals surface area contributed by atoms with E-state index in [0.717, 1.165) is 36.1 Å². The van der Waals surface area contributed by atoms with Gasteiger partial charge < -0.3 is 14.4 Å². The van der Waals surface area contributed by atoms with Crippen LogP contribution in [0.3, 0.4) is 0 Å². The van der Waals surface area contributed by atoms with Gasteiger partial charge in [0.15, 0.2) is 0 Å². The molecule has 0 spiro atoms. The van der Waals surface area contributed by atoms with Crippen molar-refractivity contribution in [3.8, 4) is 0 Å². The maximum atomic E-state index is 5.70. The van der Waals surface area contributed by atoms with Crippen LogP contribution in [0, 0.1) is 5.92 Å². The molecule has 0 aromatic heterocycles. The summed E-state index contributed by atoms with van der Waals surface area (Å²) in [6.07, 6.45) is 22.8. The molecule has 4 aliphatic rings. The second kappa shape index (κ2) is 12.0. The third-order valence-corrected chi connectivity index (χ3v) is 10.0. The average Bonchev–Trinajstić information content (AvgIpc) is 2.86. The number of nitrogens with zero attached hydrogens (tertiary/aromatic N) is 2. The van der Waals surface area contributed by atoms with Crippen molar-refractivity contribution in [1.82, 2.24) is 9.80 Å². The molecule has 0 heterocycles. The van der Waals surface area contributed by atoms with Gasteiger partial charge in [0.1, 0.15) is 0 Å². The van der Waals surface area contributed by atoms with Crippen LogP contribution < -0.4 is 0 Å². The van der Waals surface area contributed by atoms with Crippen LogP contribution in [-0.4, -0.2) is 73.5 Å². The molecule has 0 amide bonds. The van der Waals surface area contributed by atoms with Crippen LogP contribution in [0.4, 0.5) is 0 Å². The molecule has 4 fully saturated rings. The Morgan fingerprint density at radius 2 is 0.781 bits per heavy atom. The molecule has 4 nitrogen and oxygen atoms in total. The van der Waals surface area contributed by atoms with Crippen molar-refractivity contribution in [3.63, 3.8) is 0 Å². The first-order valence-electron chi connectivity index (χ1n) is 14.1. The normalized spacial score (nSPS) is 41.8. The number of hydrogen-bond donors (Lipinski definition) is 0. The topological polar surface area (TPSA) is 24.9 Å². The Balaban J connectivity index is 1.33. The van der Waals surface area contributed by atoms with Crippen LogP contribution in [0.5, 0.6) is 0 Å². The fourth-order valence-electron chi connectivity index (χ4n) is 7.76. The highest BCUT2D eigenvalue weighted by Gasteiger charge is 2.39. The third-order valence-electron chi connectivity index (χ3n) is 10.0. The second-order valence-electron chi connectivity index (χ2n) is 11.8. The molecule has 4 aliphatic carbocycles. The lowest BCUT2D eigenvalue weighted by molar-refractivity contribution is -0.0239. The summed E-state index contributed by atoms with van der Waals surface area (Å²) < 4.78 is 11.3. The van der Waals surface area contributed by atoms with Crippen molar-refractivity contribution in [2.45, 2.75) is 152 Å². The van der Waals surface area contributed by atoms with E-state index in [1.54, 1.807) is 0 Å². The van der Waals surface area contributed by atoms with Crippen LogP contribution in [0.2, 0.25) is 0 Å². The highest BCUT2D eigenvalue weighted by Crippen LogP contribution is 2.39. The van der Waals surface area contributed by atoms with Gasteiger partial charge in [-0.1, -0.05) is 6.92 Å². The zero-order valence-corrected chi connectivity index (χ0v) is 21.6. The maximum Gasteiger partial charge on any atom is 0.0572 e. The first kappa shape index (κ1) is 24.9. The van der Waals surface area contributed by atoms with E-state index in [1.165, 1.54) is 103 Å². The summed E-state index contributed by atoms with van der Waals surface area (Å²) in [4.78, 5) is 5.87. The summed E-state index contributed by atoms with van der Waals surface area (Å²) in [7, 11) is 6.22. The fraction of sp³-hybridized carbons (Fsp3) is 1.00. The van der Waals surface area contributed by atoms with Gasteiger partial charge in [-0.3, -0.25) is 4.90 Å². The van der Waals surface area contributed by atoms with Gasteiger partial charge in [0, 0.05) is 44.4 Å². The van der Waals surface area contributed by atoms with Crippen molar-refractivity contribution < 1.29 is 9.47 Å². The van der Waals surface area contributed by atoms with Crippen molar-refractivity contribution in [2.24, 2.45) is 5.92 Å². The van der Waals surface area contributed by atoms with Crippen LogP contribution in [0.1, 0.15) is 110 Å². The Hall–Kier alpha value is -0.160. The highest BCUT2D eigenvalue weighted by atomic mass is 16.5. The van der Waals surface area contributed by atoms with E-state index >= 15 is 0 Å². The van der Waals surface area contributed by atoms with Gasteiger partial charge in [-0.15, -0.1) is 0 Å². The summed E-state index contributed by atoms with van der Waals surface area (Å²) in [6, 6.07) is 4.06. The minimum absolute atomic E-state index is 0.510. The summed E-state index contributed by atoms with van der Waals surface area (Å²) in [5.41, 5.74) is 0. The number of methoxy groups -OCH3 is 2. The largest absolute Gasteiger partial charge is 0.381 e. The Morgan fingerprint density at radius 3 is 1.19 bits per heavy atom. The van der Waals surface area contributed by atoms with Gasteiger partial charge in [0.05, 0.1) is 12.2 Å². The summed E-state index contributed by atoms with van der Waals surface area (Å²) in [5, 5.41) is 0. The van der Waals surface area contributed by atoms with Gasteiger partial charge in [-0.2, -0.15) is 0 Å². The van der Waals surface area contributed by atoms with Crippen molar-refractivity contribution in [3.05, 3.63) is 0 Å². The Morgan fingerprint density at radius 1 is 0.469 bits per heavy atom. The predicted octanol–water partition coefficient (Wildman–Crippen LogP) is 6.03. The van der Waals surface area contributed by atoms with E-state index < -0.39 is 0 Å². The molecule has 0 atom stereocenters. The zero-order chi connectivity index (χ0) is 22.5. The lowest BCUT2D eigenvalue weighted by Crippen LogP contribution is -2.54. The van der Waals surface area contributed by atoms with E-state index in [0.29, 0.717) is 12.2 Å². The van der Waals surface area contributed by atoms with E-state index in [1.807, 2.05) is 14.2 Å². The van der Waals surface area contributed by atoms with E-state index in [9.17, 15) is 0 Å². The van der Waals surface area contributed by atoms with Crippen LogP contribution in [0.15, 0.2) is 0 Å². The standard InChI is InChI=1S/C28H52N2O2/c1-21-5-7-24(8-6-21)30(26-15-19-28(32-4)20-16-26)25-11-9-22(10-12-25)29(2)23-13-17-27(31-3)18-14-23/h21-28H,5-20H2,1-4H3. The molecular weight excluding hydrogens is 396 g/mol. The minimum Gasteiger partial charge on any atom is -0.381 e. The second-order valence-corrected chi connectivity index (χ2v) is 11.8. The highest BCUT2D eigenvalue weighted by molar-refractivity contribution is 4.94. The Kier molecular flexibility index (Phi) is 9.35. The van der Waals surface area contributed by atoms with Crippen molar-refractivity contribution >= 4 is 0 Å². The molecular formula is C28H52N2O2. The zero-order valence-electron chi connectivity index (χ0n) is 21.6. The molecule has 0 N–H and O–H groups in total. The lowest BCUT2D eigenvalue weighted by atomic mass is 9.80. The fourth-order valence-corrected chi connectivity index (χ4v) is 7.76. The molecule has 4 rings (SSSR count). The molecule has 186 valence electrons. The van der Waals surface area contributed by atoms with Gasteiger partial charge >= 0.3 is 0 Å². The van der Waals surface area contributed by atoms with E-state index in [-0.39, 0.29) is 0 Å². The Labute approximate surface area is 198 Å². The molecule has 0 aromatic rings. The van der Waals surface area contributed by atoms with Crippen LogP contribution >= 0.6 is 0 Å². The van der Waals surface area contributed by atoms with Gasteiger partial charge in [0.2, 0.25) is 0 Å². The quantitative estimate of drug-likeness (QED) is 0.475. The first-order chi connectivity index (χ1) is 15.6. The predicted molar refractivity (Wildman–Crippen MR) is 133 cm³/mol. The number of rotatable bonds is 7. The first-order valence-corrected chi connectivity index (χ1v) is 14.1. The van der Waals surface area contributed by atoms with Gasteiger partial charge in [0.25, 0.3) is 0 Å².